The molecule has 0 saturated carbocycles. The van der Waals surface area contributed by atoms with Crippen molar-refractivity contribution in [2.75, 3.05) is 17.2 Å². The van der Waals surface area contributed by atoms with Crippen LogP contribution in [-0.4, -0.2) is 36.9 Å². The smallest absolute Gasteiger partial charge is 0.253 e. The second-order valence-corrected chi connectivity index (χ2v) is 6.63. The van der Waals surface area contributed by atoms with Gasteiger partial charge in [0, 0.05) is 12.2 Å². The third-order valence-corrected chi connectivity index (χ3v) is 4.67. The largest absolute Gasteiger partial charge is 0.384 e. The van der Waals surface area contributed by atoms with E-state index in [9.17, 15) is 13.2 Å². The average molecular weight is 269 g/mol. The molecule has 1 atom stereocenters. The number of rotatable bonds is 2. The van der Waals surface area contributed by atoms with E-state index in [-0.39, 0.29) is 23.5 Å². The van der Waals surface area contributed by atoms with Gasteiger partial charge in [-0.1, -0.05) is 0 Å². The summed E-state index contributed by atoms with van der Waals surface area (Å²) in [5.41, 5.74) is 5.81. The minimum Gasteiger partial charge on any atom is -0.384 e. The lowest BCUT2D eigenvalue weighted by Crippen LogP contribution is -2.43. The van der Waals surface area contributed by atoms with Crippen molar-refractivity contribution in [1.82, 2.24) is 10.3 Å². The summed E-state index contributed by atoms with van der Waals surface area (Å²) in [5, 5.41) is 2.71. The highest BCUT2D eigenvalue weighted by atomic mass is 32.2. The fraction of sp³-hybridized carbons (Fsp3) is 0.455. The first-order valence-electron chi connectivity index (χ1n) is 5.69. The van der Waals surface area contributed by atoms with E-state index in [1.54, 1.807) is 6.07 Å². The number of pyridine rings is 1. The molecule has 98 valence electrons. The fourth-order valence-electron chi connectivity index (χ4n) is 1.95. The van der Waals surface area contributed by atoms with E-state index in [0.29, 0.717) is 24.2 Å². The van der Waals surface area contributed by atoms with Crippen LogP contribution in [0.5, 0.6) is 0 Å². The number of hydrogen-bond acceptors (Lipinski definition) is 5. The summed E-state index contributed by atoms with van der Waals surface area (Å²) >= 11 is 0. The Morgan fingerprint density at radius 1 is 1.44 bits per heavy atom. The van der Waals surface area contributed by atoms with Crippen molar-refractivity contribution in [1.29, 1.82) is 0 Å². The molecule has 18 heavy (non-hydrogen) atoms. The number of nitrogens with one attached hydrogen (secondary N) is 1. The molecule has 0 aliphatic carbocycles. The van der Waals surface area contributed by atoms with Crippen molar-refractivity contribution < 1.29 is 13.2 Å². The molecular weight excluding hydrogens is 254 g/mol. The van der Waals surface area contributed by atoms with Crippen molar-refractivity contribution in [3.63, 3.8) is 0 Å². The van der Waals surface area contributed by atoms with Crippen LogP contribution in [0.25, 0.3) is 0 Å². The highest BCUT2D eigenvalue weighted by Crippen LogP contribution is 2.12. The molecule has 2 heterocycles. The van der Waals surface area contributed by atoms with Gasteiger partial charge in [0.15, 0.2) is 9.84 Å². The number of sulfone groups is 1. The molecule has 0 spiro atoms. The Hall–Kier alpha value is -1.63. The number of carbonyl (C=O) groups excluding carboxylic acids is 1. The van der Waals surface area contributed by atoms with Crippen molar-refractivity contribution in [3.8, 4) is 0 Å². The molecule has 1 fully saturated rings. The first-order valence-corrected chi connectivity index (χ1v) is 7.51. The van der Waals surface area contributed by atoms with Gasteiger partial charge in [0.05, 0.1) is 17.1 Å². The van der Waals surface area contributed by atoms with Crippen LogP contribution < -0.4 is 11.1 Å². The van der Waals surface area contributed by atoms with Crippen LogP contribution in [0.2, 0.25) is 0 Å². The molecule has 1 amide bonds. The number of nitrogen functional groups attached to an aromatic ring is 1. The van der Waals surface area contributed by atoms with E-state index in [0.717, 1.165) is 0 Å². The molecule has 6 nitrogen and oxygen atoms in total. The minimum atomic E-state index is -3.02. The van der Waals surface area contributed by atoms with Crippen LogP contribution in [-0.2, 0) is 9.84 Å². The average Bonchev–Trinajstić information content (AvgIpc) is 2.28. The SMILES string of the molecule is Nc1ccc(C(=O)NC2CCCS(=O)(=O)C2)cn1. The zero-order chi connectivity index (χ0) is 13.2. The maximum absolute atomic E-state index is 11.8. The number of hydrogen-bond donors (Lipinski definition) is 2. The number of aromatic nitrogens is 1. The molecular formula is C11H15N3O3S. The molecule has 0 radical (unpaired) electrons. The van der Waals surface area contributed by atoms with Gasteiger partial charge in [-0.15, -0.1) is 0 Å². The van der Waals surface area contributed by atoms with Crippen LogP contribution in [0.1, 0.15) is 23.2 Å². The monoisotopic (exact) mass is 269 g/mol. The molecule has 0 bridgehead atoms. The first-order chi connectivity index (χ1) is 8.46. The van der Waals surface area contributed by atoms with Gasteiger partial charge >= 0.3 is 0 Å². The Labute approximate surface area is 106 Å². The Balaban J connectivity index is 2.01. The third-order valence-electron chi connectivity index (χ3n) is 2.85. The van der Waals surface area contributed by atoms with Gasteiger partial charge in [0.1, 0.15) is 5.82 Å². The fourth-order valence-corrected chi connectivity index (χ4v) is 3.58. The number of carbonyl (C=O) groups is 1. The summed E-state index contributed by atoms with van der Waals surface area (Å²) in [5.74, 6) is 0.251. The Bertz CT molecular complexity index is 539. The number of nitrogens with two attached hydrogens (primary N) is 1. The minimum absolute atomic E-state index is 0.0150. The maximum atomic E-state index is 11.8. The highest BCUT2D eigenvalue weighted by Gasteiger charge is 2.26. The standard InChI is InChI=1S/C11H15N3O3S/c12-10-4-3-8(6-13-10)11(15)14-9-2-1-5-18(16,17)7-9/h3-4,6,9H,1-2,5,7H2,(H2,12,13)(H,14,15). The van der Waals surface area contributed by atoms with Crippen molar-refractivity contribution >= 4 is 21.6 Å². The molecule has 3 N–H and O–H groups in total. The number of amides is 1. The number of nitrogens with zero attached hydrogens (tertiary/aromatic N) is 1. The molecule has 1 aliphatic heterocycles. The molecule has 1 aromatic heterocycles. The summed E-state index contributed by atoms with van der Waals surface area (Å²) in [4.78, 5) is 15.7. The quantitative estimate of drug-likeness (QED) is 0.785. The van der Waals surface area contributed by atoms with Gasteiger partial charge in [0.25, 0.3) is 5.91 Å². The predicted octanol–water partition coefficient (Wildman–Crippen LogP) is -0.0292. The van der Waals surface area contributed by atoms with Crippen LogP contribution in [0.3, 0.4) is 0 Å². The van der Waals surface area contributed by atoms with E-state index < -0.39 is 9.84 Å². The van der Waals surface area contributed by atoms with E-state index in [4.69, 9.17) is 5.73 Å². The normalized spacial score (nSPS) is 22.3. The van der Waals surface area contributed by atoms with Gasteiger partial charge in [-0.3, -0.25) is 4.79 Å². The van der Waals surface area contributed by atoms with Gasteiger partial charge < -0.3 is 11.1 Å². The van der Waals surface area contributed by atoms with Gasteiger partial charge in [0.2, 0.25) is 0 Å². The van der Waals surface area contributed by atoms with Crippen LogP contribution in [0, 0.1) is 0 Å². The lowest BCUT2D eigenvalue weighted by molar-refractivity contribution is 0.0938. The molecule has 1 aliphatic rings. The van der Waals surface area contributed by atoms with Gasteiger partial charge in [-0.05, 0) is 25.0 Å². The van der Waals surface area contributed by atoms with Crippen molar-refractivity contribution in [2.45, 2.75) is 18.9 Å². The predicted molar refractivity (Wildman–Crippen MR) is 67.8 cm³/mol. The number of anilines is 1. The second kappa shape index (κ2) is 4.93. The molecule has 2 rings (SSSR count). The molecule has 1 saturated heterocycles. The van der Waals surface area contributed by atoms with E-state index in [1.807, 2.05) is 0 Å². The lowest BCUT2D eigenvalue weighted by Gasteiger charge is -2.22. The summed E-state index contributed by atoms with van der Waals surface area (Å²) in [6.07, 6.45) is 2.66. The lowest BCUT2D eigenvalue weighted by atomic mass is 10.1. The Kier molecular flexibility index (Phi) is 3.51. The first kappa shape index (κ1) is 12.8. The Morgan fingerprint density at radius 3 is 2.83 bits per heavy atom. The topological polar surface area (TPSA) is 102 Å². The Morgan fingerprint density at radius 2 is 2.22 bits per heavy atom. The zero-order valence-electron chi connectivity index (χ0n) is 9.80. The van der Waals surface area contributed by atoms with E-state index in [1.165, 1.54) is 12.3 Å². The molecule has 1 aromatic rings. The highest BCUT2D eigenvalue weighted by molar-refractivity contribution is 7.91. The van der Waals surface area contributed by atoms with Crippen molar-refractivity contribution in [2.24, 2.45) is 0 Å². The van der Waals surface area contributed by atoms with Crippen molar-refractivity contribution in [3.05, 3.63) is 23.9 Å². The van der Waals surface area contributed by atoms with Crippen LogP contribution in [0.15, 0.2) is 18.3 Å². The second-order valence-electron chi connectivity index (χ2n) is 4.40. The summed E-state index contributed by atoms with van der Waals surface area (Å²) in [7, 11) is -3.02. The van der Waals surface area contributed by atoms with E-state index in [2.05, 4.69) is 10.3 Å². The van der Waals surface area contributed by atoms with Crippen LogP contribution >= 0.6 is 0 Å². The molecule has 7 heteroatoms. The summed E-state index contributed by atoms with van der Waals surface area (Å²) < 4.78 is 22.9. The summed E-state index contributed by atoms with van der Waals surface area (Å²) in [6.45, 7) is 0. The molecule has 0 aromatic carbocycles. The summed E-state index contributed by atoms with van der Waals surface area (Å²) in [6, 6.07) is 2.79. The van der Waals surface area contributed by atoms with Gasteiger partial charge in [-0.25, -0.2) is 13.4 Å². The third kappa shape index (κ3) is 3.19. The zero-order valence-corrected chi connectivity index (χ0v) is 10.6. The van der Waals surface area contributed by atoms with Crippen LogP contribution in [0.4, 0.5) is 5.82 Å². The van der Waals surface area contributed by atoms with Gasteiger partial charge in [-0.2, -0.15) is 0 Å². The van der Waals surface area contributed by atoms with E-state index >= 15 is 0 Å². The molecule has 1 unspecified atom stereocenters. The maximum Gasteiger partial charge on any atom is 0.253 e.